The number of nitriles is 1. The van der Waals surface area contributed by atoms with Crippen LogP contribution in [0.15, 0.2) is 24.3 Å². The minimum atomic E-state index is -0.504. The van der Waals surface area contributed by atoms with Crippen LogP contribution in [-0.2, 0) is 0 Å². The molecule has 0 bridgehead atoms. The second kappa shape index (κ2) is 7.68. The van der Waals surface area contributed by atoms with Crippen LogP contribution in [0.4, 0.5) is 0 Å². The van der Waals surface area contributed by atoms with Crippen molar-refractivity contribution in [3.63, 3.8) is 0 Å². The summed E-state index contributed by atoms with van der Waals surface area (Å²) in [5, 5.41) is 23.2. The van der Waals surface area contributed by atoms with Crippen molar-refractivity contribution in [1.82, 2.24) is 5.32 Å². The molecule has 0 unspecified atom stereocenters. The molecule has 0 aliphatic heterocycles. The third-order valence-corrected chi connectivity index (χ3v) is 5.16. The first-order valence-electron chi connectivity index (χ1n) is 7.27. The molecule has 0 heterocycles. The number of benzene rings is 1. The molecule has 2 rings (SSSR count). The largest absolute Gasteiger partial charge is 0.387 e. The number of aliphatic hydroxyl groups is 1. The Morgan fingerprint density at radius 3 is 2.80 bits per heavy atom. The van der Waals surface area contributed by atoms with Crippen molar-refractivity contribution in [2.45, 2.75) is 43.6 Å². The fourth-order valence-electron chi connectivity index (χ4n) is 2.73. The van der Waals surface area contributed by atoms with Crippen molar-refractivity contribution in [3.8, 4) is 6.07 Å². The van der Waals surface area contributed by atoms with E-state index in [4.69, 9.17) is 5.26 Å². The molecule has 0 amide bonds. The Balaban J connectivity index is 1.85. The standard InChI is InChI=1S/C16H22N2OS/c1-2-20-16-5-3-4-14(16)18-11-15(19)13-8-6-12(10-17)7-9-13/h6-9,14-16,18-19H,2-5,11H2,1H3/t14-,15-,16-/m1/s1. The van der Waals surface area contributed by atoms with E-state index in [1.54, 1.807) is 12.1 Å². The minimum Gasteiger partial charge on any atom is -0.387 e. The first kappa shape index (κ1) is 15.4. The van der Waals surface area contributed by atoms with Crippen molar-refractivity contribution in [2.24, 2.45) is 0 Å². The Morgan fingerprint density at radius 1 is 1.40 bits per heavy atom. The second-order valence-corrected chi connectivity index (χ2v) is 6.71. The fraction of sp³-hybridized carbons (Fsp3) is 0.562. The molecular weight excluding hydrogens is 268 g/mol. The maximum Gasteiger partial charge on any atom is 0.0991 e. The molecule has 4 heteroatoms. The van der Waals surface area contributed by atoms with E-state index in [0.29, 0.717) is 23.4 Å². The molecule has 1 aliphatic rings. The monoisotopic (exact) mass is 290 g/mol. The molecule has 1 aromatic rings. The minimum absolute atomic E-state index is 0.504. The average molecular weight is 290 g/mol. The summed E-state index contributed by atoms with van der Waals surface area (Å²) >= 11 is 2.02. The highest BCUT2D eigenvalue weighted by atomic mass is 32.2. The Bertz CT molecular complexity index is 455. The van der Waals surface area contributed by atoms with E-state index in [0.717, 1.165) is 11.3 Å². The molecule has 3 atom stereocenters. The molecule has 0 spiro atoms. The molecule has 0 aromatic heterocycles. The summed E-state index contributed by atoms with van der Waals surface area (Å²) in [6.07, 6.45) is 3.26. The molecule has 20 heavy (non-hydrogen) atoms. The van der Waals surface area contributed by atoms with Gasteiger partial charge in [-0.1, -0.05) is 25.5 Å². The van der Waals surface area contributed by atoms with Gasteiger partial charge in [0.15, 0.2) is 0 Å². The van der Waals surface area contributed by atoms with Crippen molar-refractivity contribution in [3.05, 3.63) is 35.4 Å². The van der Waals surface area contributed by atoms with Crippen molar-refractivity contribution >= 4 is 11.8 Å². The summed E-state index contributed by atoms with van der Waals surface area (Å²) in [5.74, 6) is 1.15. The van der Waals surface area contributed by atoms with Crippen LogP contribution in [0.25, 0.3) is 0 Å². The van der Waals surface area contributed by atoms with E-state index in [1.165, 1.54) is 19.3 Å². The van der Waals surface area contributed by atoms with E-state index in [9.17, 15) is 5.11 Å². The van der Waals surface area contributed by atoms with Gasteiger partial charge in [-0.05, 0) is 36.3 Å². The van der Waals surface area contributed by atoms with Crippen LogP contribution in [0.2, 0.25) is 0 Å². The van der Waals surface area contributed by atoms with Crippen LogP contribution in [0.1, 0.15) is 43.4 Å². The predicted molar refractivity (Wildman–Crippen MR) is 83.7 cm³/mol. The van der Waals surface area contributed by atoms with Gasteiger partial charge in [0.25, 0.3) is 0 Å². The molecule has 108 valence electrons. The molecule has 1 fully saturated rings. The molecule has 0 saturated heterocycles. The van der Waals surface area contributed by atoms with Crippen molar-refractivity contribution in [2.75, 3.05) is 12.3 Å². The molecule has 0 radical (unpaired) electrons. The molecular formula is C16H22N2OS. The van der Waals surface area contributed by atoms with E-state index in [1.807, 2.05) is 23.9 Å². The smallest absolute Gasteiger partial charge is 0.0991 e. The highest BCUT2D eigenvalue weighted by Gasteiger charge is 2.27. The summed E-state index contributed by atoms with van der Waals surface area (Å²) in [5.41, 5.74) is 1.50. The third kappa shape index (κ3) is 3.99. The topological polar surface area (TPSA) is 56.0 Å². The SMILES string of the molecule is CCS[C@@H]1CCC[C@H]1NC[C@@H](O)c1ccc(C#N)cc1. The molecule has 2 N–H and O–H groups in total. The lowest BCUT2D eigenvalue weighted by Crippen LogP contribution is -2.37. The van der Waals surface area contributed by atoms with Crippen LogP contribution < -0.4 is 5.32 Å². The maximum absolute atomic E-state index is 10.2. The van der Waals surface area contributed by atoms with E-state index < -0.39 is 6.10 Å². The number of thioether (sulfide) groups is 1. The van der Waals surface area contributed by atoms with E-state index in [2.05, 4.69) is 18.3 Å². The summed E-state index contributed by atoms with van der Waals surface area (Å²) in [4.78, 5) is 0. The number of nitrogens with one attached hydrogen (secondary N) is 1. The van der Waals surface area contributed by atoms with E-state index >= 15 is 0 Å². The van der Waals surface area contributed by atoms with Gasteiger partial charge in [0.1, 0.15) is 0 Å². The highest BCUT2D eigenvalue weighted by Crippen LogP contribution is 2.30. The number of hydrogen-bond acceptors (Lipinski definition) is 4. The highest BCUT2D eigenvalue weighted by molar-refractivity contribution is 7.99. The van der Waals surface area contributed by atoms with Gasteiger partial charge in [0, 0.05) is 17.8 Å². The lowest BCUT2D eigenvalue weighted by Gasteiger charge is -2.22. The Morgan fingerprint density at radius 2 is 2.15 bits per heavy atom. The van der Waals surface area contributed by atoms with Gasteiger partial charge in [0.2, 0.25) is 0 Å². The van der Waals surface area contributed by atoms with Gasteiger partial charge in [-0.3, -0.25) is 0 Å². The lowest BCUT2D eigenvalue weighted by molar-refractivity contribution is 0.170. The zero-order valence-corrected chi connectivity index (χ0v) is 12.7. The van der Waals surface area contributed by atoms with Crippen LogP contribution in [0.3, 0.4) is 0 Å². The van der Waals surface area contributed by atoms with Gasteiger partial charge in [-0.2, -0.15) is 17.0 Å². The fourth-order valence-corrected chi connectivity index (χ4v) is 3.96. The molecule has 1 saturated carbocycles. The second-order valence-electron chi connectivity index (χ2n) is 5.19. The van der Waals surface area contributed by atoms with Crippen LogP contribution >= 0.6 is 11.8 Å². The first-order chi connectivity index (χ1) is 9.74. The van der Waals surface area contributed by atoms with Gasteiger partial charge >= 0.3 is 0 Å². The van der Waals surface area contributed by atoms with Crippen molar-refractivity contribution in [1.29, 1.82) is 5.26 Å². The van der Waals surface area contributed by atoms with Crippen LogP contribution in [-0.4, -0.2) is 28.7 Å². The average Bonchev–Trinajstić information content (AvgIpc) is 2.92. The lowest BCUT2D eigenvalue weighted by atomic mass is 10.1. The van der Waals surface area contributed by atoms with Gasteiger partial charge in [-0.25, -0.2) is 0 Å². The van der Waals surface area contributed by atoms with Gasteiger partial charge in [0.05, 0.1) is 17.7 Å². The molecule has 1 aromatic carbocycles. The summed E-state index contributed by atoms with van der Waals surface area (Å²) in [7, 11) is 0. The quantitative estimate of drug-likeness (QED) is 0.846. The van der Waals surface area contributed by atoms with Crippen molar-refractivity contribution < 1.29 is 5.11 Å². The number of nitrogens with zero attached hydrogens (tertiary/aromatic N) is 1. The summed E-state index contributed by atoms with van der Waals surface area (Å²) in [6, 6.07) is 9.78. The predicted octanol–water partition coefficient (Wildman–Crippen LogP) is 2.86. The number of rotatable bonds is 6. The number of hydrogen-bond donors (Lipinski definition) is 2. The molecule has 1 aliphatic carbocycles. The van der Waals surface area contributed by atoms with E-state index in [-0.39, 0.29) is 0 Å². The molecule has 3 nitrogen and oxygen atoms in total. The zero-order valence-electron chi connectivity index (χ0n) is 11.9. The zero-order chi connectivity index (χ0) is 14.4. The Labute approximate surface area is 125 Å². The van der Waals surface area contributed by atoms with Crippen LogP contribution in [0.5, 0.6) is 0 Å². The summed E-state index contributed by atoms with van der Waals surface area (Å²) in [6.45, 7) is 2.78. The maximum atomic E-state index is 10.2. The third-order valence-electron chi connectivity index (χ3n) is 3.83. The summed E-state index contributed by atoms with van der Waals surface area (Å²) < 4.78 is 0. The van der Waals surface area contributed by atoms with Gasteiger partial charge in [-0.15, -0.1) is 0 Å². The number of aliphatic hydroxyl groups excluding tert-OH is 1. The first-order valence-corrected chi connectivity index (χ1v) is 8.32. The Hall–Kier alpha value is -1.02. The van der Waals surface area contributed by atoms with Gasteiger partial charge < -0.3 is 10.4 Å². The normalized spacial score (nSPS) is 23.4. The Kier molecular flexibility index (Phi) is 5.90. The van der Waals surface area contributed by atoms with Crippen LogP contribution in [0, 0.1) is 11.3 Å².